The largest absolute Gasteiger partial charge is 0.300 e. The van der Waals surface area contributed by atoms with Gasteiger partial charge >= 0.3 is 0 Å². The molecule has 0 bridgehead atoms. The number of hydrogen-bond donors (Lipinski definition) is 0. The van der Waals surface area contributed by atoms with E-state index >= 15 is 0 Å². The first-order chi connectivity index (χ1) is 6.91. The molecule has 1 fully saturated rings. The molecule has 15 heavy (non-hydrogen) atoms. The highest BCUT2D eigenvalue weighted by atomic mass is 16.1. The Labute approximate surface area is 90.2 Å². The van der Waals surface area contributed by atoms with Crippen molar-refractivity contribution >= 4 is 17.3 Å². The van der Waals surface area contributed by atoms with Crippen LogP contribution >= 0.6 is 0 Å². The fourth-order valence-corrected chi connectivity index (χ4v) is 2.31. The normalized spacial score (nSPS) is 31.0. The van der Waals surface area contributed by atoms with Crippen molar-refractivity contribution in [2.45, 2.75) is 40.0 Å². The second kappa shape index (κ2) is 4.69. The highest BCUT2D eigenvalue weighted by molar-refractivity contribution is 5.85. The number of ketones is 3. The Balaban J connectivity index is 2.77. The molecule has 1 saturated carbocycles. The SMILES string of the molecule is CC(=O)C1CC(C(C)=O)CC(C(C)=O)C1. The predicted octanol–water partition coefficient (Wildman–Crippen LogP) is 1.79. The van der Waals surface area contributed by atoms with Crippen LogP contribution in [0, 0.1) is 17.8 Å². The maximum Gasteiger partial charge on any atom is 0.132 e. The highest BCUT2D eigenvalue weighted by Gasteiger charge is 2.34. The van der Waals surface area contributed by atoms with Crippen molar-refractivity contribution in [2.75, 3.05) is 0 Å². The molecule has 0 aromatic rings. The summed E-state index contributed by atoms with van der Waals surface area (Å²) in [6.07, 6.45) is 1.90. The maximum absolute atomic E-state index is 11.3. The third kappa shape index (κ3) is 2.98. The van der Waals surface area contributed by atoms with Gasteiger partial charge in [-0.25, -0.2) is 0 Å². The van der Waals surface area contributed by atoms with Crippen LogP contribution in [0.25, 0.3) is 0 Å². The molecule has 1 rings (SSSR count). The first-order valence-electron chi connectivity index (χ1n) is 5.43. The number of carbonyl (C=O) groups is 3. The van der Waals surface area contributed by atoms with E-state index in [-0.39, 0.29) is 35.1 Å². The van der Waals surface area contributed by atoms with Crippen molar-refractivity contribution in [3.63, 3.8) is 0 Å². The zero-order valence-corrected chi connectivity index (χ0v) is 9.58. The number of rotatable bonds is 3. The van der Waals surface area contributed by atoms with Gasteiger partial charge in [0.25, 0.3) is 0 Å². The number of carbonyl (C=O) groups excluding carboxylic acids is 3. The first-order valence-corrected chi connectivity index (χ1v) is 5.43. The molecule has 0 N–H and O–H groups in total. The summed E-state index contributed by atoms with van der Waals surface area (Å²) >= 11 is 0. The van der Waals surface area contributed by atoms with E-state index in [2.05, 4.69) is 0 Å². The van der Waals surface area contributed by atoms with Crippen LogP contribution in [0.4, 0.5) is 0 Å². The van der Waals surface area contributed by atoms with Gasteiger partial charge in [-0.15, -0.1) is 0 Å². The van der Waals surface area contributed by atoms with Crippen LogP contribution in [-0.4, -0.2) is 17.3 Å². The molecule has 0 aromatic heterocycles. The van der Waals surface area contributed by atoms with Crippen LogP contribution in [0.1, 0.15) is 40.0 Å². The smallest absolute Gasteiger partial charge is 0.132 e. The monoisotopic (exact) mass is 210 g/mol. The molecule has 84 valence electrons. The lowest BCUT2D eigenvalue weighted by Gasteiger charge is -2.31. The fourth-order valence-electron chi connectivity index (χ4n) is 2.31. The molecule has 0 spiro atoms. The molecule has 0 amide bonds. The van der Waals surface area contributed by atoms with Crippen molar-refractivity contribution in [1.82, 2.24) is 0 Å². The molecule has 1 aliphatic rings. The summed E-state index contributed by atoms with van der Waals surface area (Å²) in [4.78, 5) is 33.9. The molecule has 0 unspecified atom stereocenters. The molecule has 0 atom stereocenters. The third-order valence-electron chi connectivity index (χ3n) is 3.43. The van der Waals surface area contributed by atoms with Crippen LogP contribution in [0.2, 0.25) is 0 Å². The molecule has 3 heteroatoms. The Bertz CT molecular complexity index is 240. The van der Waals surface area contributed by atoms with Crippen molar-refractivity contribution in [2.24, 2.45) is 17.8 Å². The third-order valence-corrected chi connectivity index (χ3v) is 3.43. The Hall–Kier alpha value is -0.990. The van der Waals surface area contributed by atoms with Crippen LogP contribution < -0.4 is 0 Å². The summed E-state index contributed by atoms with van der Waals surface area (Å²) in [6.45, 7) is 4.64. The molecule has 0 saturated heterocycles. The number of hydrogen-bond acceptors (Lipinski definition) is 3. The van der Waals surface area contributed by atoms with Gasteiger partial charge in [-0.2, -0.15) is 0 Å². The zero-order valence-electron chi connectivity index (χ0n) is 9.58. The lowest BCUT2D eigenvalue weighted by molar-refractivity contribution is -0.130. The molecular weight excluding hydrogens is 192 g/mol. The standard InChI is InChI=1S/C12H18O3/c1-7(13)10-4-11(8(2)14)6-12(5-10)9(3)15/h10-12H,4-6H2,1-3H3. The second-order valence-electron chi connectivity index (χ2n) is 4.63. The van der Waals surface area contributed by atoms with E-state index in [9.17, 15) is 14.4 Å². The Morgan fingerprint density at radius 2 is 0.867 bits per heavy atom. The van der Waals surface area contributed by atoms with E-state index in [0.29, 0.717) is 19.3 Å². The topological polar surface area (TPSA) is 51.2 Å². The van der Waals surface area contributed by atoms with E-state index in [0.717, 1.165) is 0 Å². The van der Waals surface area contributed by atoms with E-state index < -0.39 is 0 Å². The maximum atomic E-state index is 11.3. The Kier molecular flexibility index (Phi) is 3.77. The fraction of sp³-hybridized carbons (Fsp3) is 0.750. The summed E-state index contributed by atoms with van der Waals surface area (Å²) in [5.74, 6) is 0.0243. The van der Waals surface area contributed by atoms with Gasteiger partial charge in [0.05, 0.1) is 0 Å². The lowest BCUT2D eigenvalue weighted by atomic mass is 9.71. The molecule has 0 radical (unpaired) electrons. The van der Waals surface area contributed by atoms with Crippen molar-refractivity contribution in [1.29, 1.82) is 0 Å². The van der Waals surface area contributed by atoms with Crippen LogP contribution in [-0.2, 0) is 14.4 Å². The average Bonchev–Trinajstić information content (AvgIpc) is 2.16. The lowest BCUT2D eigenvalue weighted by Crippen LogP contribution is -2.33. The van der Waals surface area contributed by atoms with E-state index in [1.54, 1.807) is 20.8 Å². The molecule has 0 aliphatic heterocycles. The molecular formula is C12H18O3. The summed E-state index contributed by atoms with van der Waals surface area (Å²) in [5.41, 5.74) is 0. The predicted molar refractivity (Wildman–Crippen MR) is 56.4 cm³/mol. The van der Waals surface area contributed by atoms with Gasteiger partial charge in [0.2, 0.25) is 0 Å². The molecule has 0 heterocycles. The van der Waals surface area contributed by atoms with Crippen molar-refractivity contribution in [3.05, 3.63) is 0 Å². The summed E-state index contributed by atoms with van der Waals surface area (Å²) < 4.78 is 0. The van der Waals surface area contributed by atoms with Crippen LogP contribution in [0.15, 0.2) is 0 Å². The minimum Gasteiger partial charge on any atom is -0.300 e. The van der Waals surface area contributed by atoms with Crippen molar-refractivity contribution in [3.8, 4) is 0 Å². The second-order valence-corrected chi connectivity index (χ2v) is 4.63. The summed E-state index contributed by atoms with van der Waals surface area (Å²) in [7, 11) is 0. The van der Waals surface area contributed by atoms with Crippen molar-refractivity contribution < 1.29 is 14.4 Å². The quantitative estimate of drug-likeness (QED) is 0.713. The van der Waals surface area contributed by atoms with Gasteiger partial charge in [-0.1, -0.05) is 0 Å². The van der Waals surface area contributed by atoms with E-state index in [1.807, 2.05) is 0 Å². The van der Waals surface area contributed by atoms with Gasteiger partial charge in [0.1, 0.15) is 17.3 Å². The molecule has 1 aliphatic carbocycles. The summed E-state index contributed by atoms with van der Waals surface area (Å²) in [6, 6.07) is 0. The Morgan fingerprint density at radius 3 is 1.00 bits per heavy atom. The van der Waals surface area contributed by atoms with E-state index in [4.69, 9.17) is 0 Å². The van der Waals surface area contributed by atoms with Gasteiger partial charge in [-0.05, 0) is 40.0 Å². The van der Waals surface area contributed by atoms with E-state index in [1.165, 1.54) is 0 Å². The average molecular weight is 210 g/mol. The Morgan fingerprint density at radius 1 is 0.667 bits per heavy atom. The molecule has 3 nitrogen and oxygen atoms in total. The minimum absolute atomic E-state index is 0.0958. The van der Waals surface area contributed by atoms with Gasteiger partial charge in [0.15, 0.2) is 0 Å². The first kappa shape index (κ1) is 12.1. The van der Waals surface area contributed by atoms with Gasteiger partial charge in [-0.3, -0.25) is 14.4 Å². The molecule has 0 aromatic carbocycles. The zero-order chi connectivity index (χ0) is 11.6. The highest BCUT2D eigenvalue weighted by Crippen LogP contribution is 2.34. The van der Waals surface area contributed by atoms with Crippen LogP contribution in [0.3, 0.4) is 0 Å². The van der Waals surface area contributed by atoms with Gasteiger partial charge < -0.3 is 0 Å². The minimum atomic E-state index is -0.0958. The number of Topliss-reactive ketones (excluding diaryl/α,β-unsaturated/α-hetero) is 3. The van der Waals surface area contributed by atoms with Crippen LogP contribution in [0.5, 0.6) is 0 Å². The van der Waals surface area contributed by atoms with Gasteiger partial charge in [0, 0.05) is 17.8 Å². The summed E-state index contributed by atoms with van der Waals surface area (Å²) in [5, 5.41) is 0.